The van der Waals surface area contributed by atoms with Gasteiger partial charge in [-0.1, -0.05) is 277 Å². The van der Waals surface area contributed by atoms with Crippen LogP contribution in [0.4, 0.5) is 0 Å². The summed E-state index contributed by atoms with van der Waals surface area (Å²) in [5.74, 6) is -1.95. The van der Waals surface area contributed by atoms with Crippen molar-refractivity contribution in [3.8, 4) is 0 Å². The molecule has 422 valence electrons. The minimum Gasteiger partial charge on any atom is -0.462 e. The zero-order valence-electron chi connectivity index (χ0n) is 45.9. The van der Waals surface area contributed by atoms with Crippen LogP contribution < -0.4 is 0 Å². The number of esters is 2. The van der Waals surface area contributed by atoms with Crippen LogP contribution in [0, 0.1) is 0 Å². The summed E-state index contributed by atoms with van der Waals surface area (Å²) < 4.78 is 54.5. The molecule has 1 aliphatic heterocycles. The molecule has 0 aromatic carbocycles. The zero-order valence-corrected chi connectivity index (χ0v) is 46.7. The smallest absolute Gasteiger partial charge is 0.306 e. The molecule has 0 amide bonds. The molecule has 1 fully saturated rings. The highest BCUT2D eigenvalue weighted by Crippen LogP contribution is 2.24. The van der Waals surface area contributed by atoms with Gasteiger partial charge in [-0.2, -0.15) is 8.42 Å². The van der Waals surface area contributed by atoms with Crippen LogP contribution in [0.25, 0.3) is 0 Å². The summed E-state index contributed by atoms with van der Waals surface area (Å²) in [7, 11) is -4.60. The van der Waals surface area contributed by atoms with Crippen molar-refractivity contribution in [2.75, 3.05) is 19.0 Å². The Balaban J connectivity index is 2.26. The molecule has 0 spiro atoms. The molecular formula is C58H112O12S. The predicted molar refractivity (Wildman–Crippen MR) is 289 cm³/mol. The molecule has 0 bridgehead atoms. The van der Waals surface area contributed by atoms with Crippen molar-refractivity contribution >= 4 is 22.1 Å². The van der Waals surface area contributed by atoms with Gasteiger partial charge in [0.05, 0.1) is 6.61 Å². The minimum absolute atomic E-state index is 0.174. The SMILES string of the molecule is CCCCCCCCCCCCCCCCCCCCCCCCCCC(=O)OC(COC(=O)CCCCCCCCCCCCCCCCCCCCC)COC1OC(CS(=O)(=O)O)C(O)C(O)C1O. The van der Waals surface area contributed by atoms with Gasteiger partial charge in [0.1, 0.15) is 36.8 Å². The molecule has 0 aromatic rings. The molecule has 1 aliphatic rings. The van der Waals surface area contributed by atoms with Gasteiger partial charge in [-0.3, -0.25) is 14.1 Å². The van der Waals surface area contributed by atoms with Gasteiger partial charge in [-0.15, -0.1) is 0 Å². The van der Waals surface area contributed by atoms with Crippen LogP contribution in [0.2, 0.25) is 0 Å². The third-order valence-electron chi connectivity index (χ3n) is 14.4. The Morgan fingerprint density at radius 3 is 1.03 bits per heavy atom. The van der Waals surface area contributed by atoms with E-state index in [1.807, 2.05) is 0 Å². The Hall–Kier alpha value is -1.35. The lowest BCUT2D eigenvalue weighted by Crippen LogP contribution is -2.60. The topological polar surface area (TPSA) is 186 Å². The Labute approximate surface area is 435 Å². The molecule has 1 heterocycles. The Morgan fingerprint density at radius 1 is 0.423 bits per heavy atom. The van der Waals surface area contributed by atoms with Crippen molar-refractivity contribution in [2.24, 2.45) is 0 Å². The molecule has 12 nitrogen and oxygen atoms in total. The van der Waals surface area contributed by atoms with E-state index in [0.717, 1.165) is 38.5 Å². The first-order valence-electron chi connectivity index (χ1n) is 30.1. The van der Waals surface area contributed by atoms with Crippen molar-refractivity contribution in [3.63, 3.8) is 0 Å². The second-order valence-electron chi connectivity index (χ2n) is 21.4. The molecule has 13 heteroatoms. The molecule has 4 N–H and O–H groups in total. The number of carbonyl (C=O) groups excluding carboxylic acids is 2. The molecular weight excluding hydrogens is 921 g/mol. The number of carbonyl (C=O) groups is 2. The van der Waals surface area contributed by atoms with Crippen LogP contribution in [-0.4, -0.2) is 96.0 Å². The lowest BCUT2D eigenvalue weighted by molar-refractivity contribution is -0.297. The highest BCUT2D eigenvalue weighted by Gasteiger charge is 2.46. The molecule has 0 saturated carbocycles. The van der Waals surface area contributed by atoms with E-state index in [-0.39, 0.29) is 19.4 Å². The standard InChI is InChI=1S/C58H112O12S/c1-3-5-7-9-11-13-15-17-19-21-23-24-25-26-27-29-31-33-35-37-39-41-43-45-47-54(60)69-51(49-68-58-57(63)56(62)55(61)52(70-58)50-71(64,65)66)48-67-53(59)46-44-42-40-38-36-34-32-30-28-22-20-18-16-14-12-10-8-6-4-2/h51-52,55-58,61-63H,3-50H2,1-2H3,(H,64,65,66). The number of ether oxygens (including phenoxy) is 4. The third-order valence-corrected chi connectivity index (χ3v) is 15.2. The number of hydrogen-bond acceptors (Lipinski definition) is 11. The van der Waals surface area contributed by atoms with Crippen LogP contribution in [0.1, 0.15) is 303 Å². The summed E-state index contributed by atoms with van der Waals surface area (Å²) in [5, 5.41) is 31.1. The molecule has 6 atom stereocenters. The summed E-state index contributed by atoms with van der Waals surface area (Å²) in [6.45, 7) is 3.84. The average Bonchev–Trinajstić information content (AvgIpc) is 3.34. The highest BCUT2D eigenvalue weighted by atomic mass is 32.2. The summed E-state index contributed by atoms with van der Waals surface area (Å²) in [6, 6.07) is 0. The Kier molecular flexibility index (Phi) is 46.0. The lowest BCUT2D eigenvalue weighted by atomic mass is 10.00. The first kappa shape index (κ1) is 67.7. The first-order chi connectivity index (χ1) is 34.5. The van der Waals surface area contributed by atoms with Gasteiger partial charge in [0, 0.05) is 12.8 Å². The molecule has 1 saturated heterocycles. The number of hydrogen-bond donors (Lipinski definition) is 4. The van der Waals surface area contributed by atoms with Crippen molar-refractivity contribution in [1.82, 2.24) is 0 Å². The van der Waals surface area contributed by atoms with Crippen LogP contribution in [-0.2, 0) is 38.7 Å². The van der Waals surface area contributed by atoms with E-state index in [9.17, 15) is 37.9 Å². The Morgan fingerprint density at radius 2 is 0.718 bits per heavy atom. The maximum Gasteiger partial charge on any atom is 0.306 e. The first-order valence-corrected chi connectivity index (χ1v) is 31.7. The molecule has 0 aliphatic carbocycles. The maximum atomic E-state index is 12.9. The van der Waals surface area contributed by atoms with Crippen molar-refractivity contribution in [1.29, 1.82) is 0 Å². The van der Waals surface area contributed by atoms with E-state index in [4.69, 9.17) is 18.9 Å². The van der Waals surface area contributed by atoms with Crippen molar-refractivity contribution in [3.05, 3.63) is 0 Å². The fourth-order valence-corrected chi connectivity index (χ4v) is 10.5. The largest absolute Gasteiger partial charge is 0.462 e. The van der Waals surface area contributed by atoms with Crippen LogP contribution in [0.3, 0.4) is 0 Å². The highest BCUT2D eigenvalue weighted by molar-refractivity contribution is 7.85. The predicted octanol–water partition coefficient (Wildman–Crippen LogP) is 14.7. The second-order valence-corrected chi connectivity index (χ2v) is 22.9. The summed E-state index contributed by atoms with van der Waals surface area (Å²) in [6.07, 6.45) is 45.8. The van der Waals surface area contributed by atoms with Gasteiger partial charge in [-0.05, 0) is 12.8 Å². The molecule has 71 heavy (non-hydrogen) atoms. The van der Waals surface area contributed by atoms with Gasteiger partial charge in [0.2, 0.25) is 0 Å². The van der Waals surface area contributed by atoms with Gasteiger partial charge < -0.3 is 34.3 Å². The number of aliphatic hydroxyl groups is 3. The maximum absolute atomic E-state index is 12.9. The summed E-state index contributed by atoms with van der Waals surface area (Å²) in [4.78, 5) is 25.6. The number of aliphatic hydroxyl groups excluding tert-OH is 3. The molecule has 6 unspecified atom stereocenters. The van der Waals surface area contributed by atoms with E-state index < -0.39 is 71.2 Å². The average molecular weight is 1030 g/mol. The van der Waals surface area contributed by atoms with E-state index in [0.29, 0.717) is 12.8 Å². The van der Waals surface area contributed by atoms with E-state index in [1.165, 1.54) is 225 Å². The lowest BCUT2D eigenvalue weighted by Gasteiger charge is -2.40. The fourth-order valence-electron chi connectivity index (χ4n) is 9.80. The molecule has 0 aromatic heterocycles. The van der Waals surface area contributed by atoms with Crippen LogP contribution >= 0.6 is 0 Å². The van der Waals surface area contributed by atoms with Crippen molar-refractivity contribution < 1.29 is 56.8 Å². The van der Waals surface area contributed by atoms with E-state index in [2.05, 4.69) is 13.8 Å². The summed E-state index contributed by atoms with van der Waals surface area (Å²) in [5.41, 5.74) is 0. The quantitative estimate of drug-likeness (QED) is 0.0257. The minimum atomic E-state index is -4.60. The van der Waals surface area contributed by atoms with Gasteiger partial charge in [0.15, 0.2) is 12.4 Å². The van der Waals surface area contributed by atoms with Gasteiger partial charge in [-0.25, -0.2) is 0 Å². The Bertz CT molecular complexity index is 1300. The van der Waals surface area contributed by atoms with E-state index >= 15 is 0 Å². The van der Waals surface area contributed by atoms with Crippen molar-refractivity contribution in [2.45, 2.75) is 340 Å². The normalized spacial score (nSPS) is 18.8. The number of rotatable bonds is 53. The van der Waals surface area contributed by atoms with Gasteiger partial charge >= 0.3 is 11.9 Å². The number of unbranched alkanes of at least 4 members (excludes halogenated alkanes) is 41. The van der Waals surface area contributed by atoms with Gasteiger partial charge in [0.25, 0.3) is 10.1 Å². The van der Waals surface area contributed by atoms with Crippen LogP contribution in [0.5, 0.6) is 0 Å². The third kappa shape index (κ3) is 42.6. The molecule has 0 radical (unpaired) electrons. The zero-order chi connectivity index (χ0) is 51.9. The van der Waals surface area contributed by atoms with Crippen LogP contribution in [0.15, 0.2) is 0 Å². The van der Waals surface area contributed by atoms with E-state index in [1.54, 1.807) is 0 Å². The molecule has 1 rings (SSSR count). The monoisotopic (exact) mass is 1030 g/mol. The fraction of sp³-hybridized carbons (Fsp3) is 0.966. The summed E-state index contributed by atoms with van der Waals surface area (Å²) >= 11 is 0. The second kappa shape index (κ2) is 48.3.